The Morgan fingerprint density at radius 3 is 2.26 bits per heavy atom. The summed E-state index contributed by atoms with van der Waals surface area (Å²) in [6.07, 6.45) is 2.02. The van der Waals surface area contributed by atoms with Gasteiger partial charge in [-0.2, -0.15) is 0 Å². The van der Waals surface area contributed by atoms with Crippen molar-refractivity contribution in [1.29, 1.82) is 0 Å². The number of carbonyl (C=O) groups is 2. The zero-order chi connectivity index (χ0) is 27.8. The minimum Gasteiger partial charge on any atom is -0.507 e. The third kappa shape index (κ3) is 6.76. The number of aryl methyl sites for hydroxylation is 1. The van der Waals surface area contributed by atoms with Crippen molar-refractivity contribution in [3.05, 3.63) is 64.7 Å². The molecule has 1 fully saturated rings. The van der Waals surface area contributed by atoms with Gasteiger partial charge in [0.2, 0.25) is 0 Å². The third-order valence-electron chi connectivity index (χ3n) is 6.88. The molecule has 7 heteroatoms. The zero-order valence-electron chi connectivity index (χ0n) is 23.6. The van der Waals surface area contributed by atoms with Crippen molar-refractivity contribution in [3.63, 3.8) is 0 Å². The lowest BCUT2D eigenvalue weighted by Crippen LogP contribution is -2.38. The van der Waals surface area contributed by atoms with Crippen molar-refractivity contribution < 1.29 is 24.2 Å². The van der Waals surface area contributed by atoms with Crippen LogP contribution in [0.25, 0.3) is 5.76 Å². The molecule has 38 heavy (non-hydrogen) atoms. The van der Waals surface area contributed by atoms with Crippen LogP contribution >= 0.6 is 0 Å². The van der Waals surface area contributed by atoms with Gasteiger partial charge in [0.25, 0.3) is 11.7 Å². The molecule has 1 saturated heterocycles. The molecule has 0 saturated carbocycles. The summed E-state index contributed by atoms with van der Waals surface area (Å²) in [7, 11) is 0. The van der Waals surface area contributed by atoms with Gasteiger partial charge in [-0.3, -0.25) is 9.59 Å². The number of amides is 1. The maximum Gasteiger partial charge on any atom is 0.295 e. The summed E-state index contributed by atoms with van der Waals surface area (Å²) in [5.74, 6) is -0.0139. The molecule has 7 nitrogen and oxygen atoms in total. The number of aliphatic hydroxyl groups is 1. The summed E-state index contributed by atoms with van der Waals surface area (Å²) >= 11 is 0. The average molecular weight is 523 g/mol. The van der Waals surface area contributed by atoms with Crippen LogP contribution in [0.1, 0.15) is 70.2 Å². The van der Waals surface area contributed by atoms with Gasteiger partial charge in [0.1, 0.15) is 17.3 Å². The fraction of sp³-hybridized carbons (Fsp3) is 0.484. The Balaban J connectivity index is 2.05. The van der Waals surface area contributed by atoms with E-state index in [-0.39, 0.29) is 17.4 Å². The first-order chi connectivity index (χ1) is 18.2. The lowest BCUT2D eigenvalue weighted by molar-refractivity contribution is -0.140. The van der Waals surface area contributed by atoms with Crippen LogP contribution in [0.2, 0.25) is 0 Å². The van der Waals surface area contributed by atoms with Crippen LogP contribution in [0, 0.1) is 6.92 Å². The molecule has 0 aliphatic carbocycles. The number of nitrogens with zero attached hydrogens (tertiary/aromatic N) is 2. The number of aliphatic hydroxyl groups excluding tert-OH is 1. The fourth-order valence-corrected chi connectivity index (χ4v) is 4.72. The number of ketones is 1. The van der Waals surface area contributed by atoms with E-state index in [1.54, 1.807) is 17.0 Å². The summed E-state index contributed by atoms with van der Waals surface area (Å²) in [4.78, 5) is 30.5. The summed E-state index contributed by atoms with van der Waals surface area (Å²) in [6, 6.07) is 12.1. The van der Waals surface area contributed by atoms with Crippen LogP contribution in [0.3, 0.4) is 0 Å². The number of hydrogen-bond donors (Lipinski definition) is 1. The molecule has 1 atom stereocenters. The van der Waals surface area contributed by atoms with E-state index in [0.717, 1.165) is 42.8 Å². The molecule has 1 aliphatic heterocycles. The summed E-state index contributed by atoms with van der Waals surface area (Å²) in [5, 5.41) is 11.5. The maximum absolute atomic E-state index is 13.4. The Morgan fingerprint density at radius 1 is 1.03 bits per heavy atom. The van der Waals surface area contributed by atoms with Crippen molar-refractivity contribution in [2.45, 2.75) is 66.5 Å². The van der Waals surface area contributed by atoms with Crippen LogP contribution in [0.15, 0.2) is 48.0 Å². The minimum absolute atomic E-state index is 0.0129. The van der Waals surface area contributed by atoms with Crippen molar-refractivity contribution in [2.75, 3.05) is 32.8 Å². The van der Waals surface area contributed by atoms with E-state index in [1.165, 1.54) is 0 Å². The average Bonchev–Trinajstić information content (AvgIpc) is 3.14. The van der Waals surface area contributed by atoms with Crippen molar-refractivity contribution in [2.24, 2.45) is 0 Å². The standard InChI is InChI=1S/C31H42N2O5/c1-7-10-19-37-24-13-11-23(12-14-24)28-27(30(35)31(36)33(28)18-17-32(8-2)9-3)29(34)26-16-15-25(20-22(26)6)38-21(4)5/h11-16,20-21,28,34H,7-10,17-19H2,1-6H3. The van der Waals surface area contributed by atoms with E-state index in [4.69, 9.17) is 9.47 Å². The van der Waals surface area contributed by atoms with E-state index in [0.29, 0.717) is 31.0 Å². The van der Waals surface area contributed by atoms with Gasteiger partial charge < -0.3 is 24.4 Å². The molecule has 1 heterocycles. The Labute approximate surface area is 227 Å². The molecule has 0 bridgehead atoms. The highest BCUT2D eigenvalue weighted by atomic mass is 16.5. The SMILES string of the molecule is CCCCOc1ccc(C2C(=C(O)c3ccc(OC(C)C)cc3C)C(=O)C(=O)N2CCN(CC)CC)cc1. The number of rotatable bonds is 13. The van der Waals surface area contributed by atoms with Crippen LogP contribution in [-0.2, 0) is 9.59 Å². The highest BCUT2D eigenvalue weighted by Crippen LogP contribution is 2.40. The predicted octanol–water partition coefficient (Wildman–Crippen LogP) is 5.72. The van der Waals surface area contributed by atoms with E-state index in [2.05, 4.69) is 25.7 Å². The van der Waals surface area contributed by atoms with Gasteiger partial charge in [0.15, 0.2) is 0 Å². The van der Waals surface area contributed by atoms with Gasteiger partial charge in [0.05, 0.1) is 24.3 Å². The molecule has 1 amide bonds. The largest absolute Gasteiger partial charge is 0.507 e. The first kappa shape index (κ1) is 29.2. The molecule has 1 unspecified atom stereocenters. The normalized spacial score (nSPS) is 17.1. The van der Waals surface area contributed by atoms with Crippen LogP contribution in [-0.4, -0.2) is 65.5 Å². The van der Waals surface area contributed by atoms with E-state index in [1.807, 2.05) is 51.1 Å². The first-order valence-electron chi connectivity index (χ1n) is 13.7. The lowest BCUT2D eigenvalue weighted by Gasteiger charge is -2.28. The smallest absolute Gasteiger partial charge is 0.295 e. The quantitative estimate of drug-likeness (QED) is 0.157. The molecular weight excluding hydrogens is 480 g/mol. The second-order valence-corrected chi connectivity index (χ2v) is 9.93. The third-order valence-corrected chi connectivity index (χ3v) is 6.88. The number of ether oxygens (including phenoxy) is 2. The molecule has 3 rings (SSSR count). The summed E-state index contributed by atoms with van der Waals surface area (Å²) in [6.45, 7) is 15.3. The van der Waals surface area contributed by atoms with Crippen LogP contribution < -0.4 is 9.47 Å². The van der Waals surface area contributed by atoms with E-state index in [9.17, 15) is 14.7 Å². The number of likely N-dealkylation sites (N-methyl/N-ethyl adjacent to an activating group) is 1. The second kappa shape index (κ2) is 13.5. The number of carbonyl (C=O) groups excluding carboxylic acids is 2. The molecular formula is C31H42N2O5. The molecule has 2 aromatic carbocycles. The van der Waals surface area contributed by atoms with Gasteiger partial charge in [0, 0.05) is 18.7 Å². The summed E-state index contributed by atoms with van der Waals surface area (Å²) in [5.41, 5.74) is 2.13. The molecule has 1 N–H and O–H groups in total. The molecule has 206 valence electrons. The van der Waals surface area contributed by atoms with Gasteiger partial charge in [-0.1, -0.05) is 39.3 Å². The topological polar surface area (TPSA) is 79.3 Å². The van der Waals surface area contributed by atoms with Gasteiger partial charge >= 0.3 is 0 Å². The molecule has 0 aromatic heterocycles. The number of Topliss-reactive ketones (excluding diaryl/α,β-unsaturated/α-hetero) is 1. The first-order valence-corrected chi connectivity index (χ1v) is 13.7. The Kier molecular flexibility index (Phi) is 10.4. The number of hydrogen-bond acceptors (Lipinski definition) is 6. The molecule has 1 aliphatic rings. The molecule has 0 radical (unpaired) electrons. The van der Waals surface area contributed by atoms with Gasteiger partial charge in [-0.25, -0.2) is 0 Å². The van der Waals surface area contributed by atoms with Crippen molar-refractivity contribution in [1.82, 2.24) is 9.80 Å². The molecule has 2 aromatic rings. The van der Waals surface area contributed by atoms with E-state index >= 15 is 0 Å². The van der Waals surface area contributed by atoms with Crippen LogP contribution in [0.5, 0.6) is 11.5 Å². The highest BCUT2D eigenvalue weighted by molar-refractivity contribution is 6.46. The Bertz CT molecular complexity index is 1140. The molecule has 0 spiro atoms. The zero-order valence-corrected chi connectivity index (χ0v) is 23.6. The van der Waals surface area contributed by atoms with Crippen molar-refractivity contribution in [3.8, 4) is 11.5 Å². The fourth-order valence-electron chi connectivity index (χ4n) is 4.72. The lowest BCUT2D eigenvalue weighted by atomic mass is 9.94. The summed E-state index contributed by atoms with van der Waals surface area (Å²) < 4.78 is 11.6. The minimum atomic E-state index is -0.693. The highest BCUT2D eigenvalue weighted by Gasteiger charge is 2.46. The Hall–Kier alpha value is -3.32. The maximum atomic E-state index is 13.4. The van der Waals surface area contributed by atoms with Gasteiger partial charge in [-0.05, 0) is 81.7 Å². The number of benzene rings is 2. The van der Waals surface area contributed by atoms with Crippen LogP contribution in [0.4, 0.5) is 0 Å². The number of likely N-dealkylation sites (tertiary alicyclic amines) is 1. The Morgan fingerprint density at radius 2 is 1.68 bits per heavy atom. The van der Waals surface area contributed by atoms with E-state index < -0.39 is 17.7 Å². The predicted molar refractivity (Wildman–Crippen MR) is 151 cm³/mol. The van der Waals surface area contributed by atoms with Crippen molar-refractivity contribution >= 4 is 17.4 Å². The monoisotopic (exact) mass is 522 g/mol. The second-order valence-electron chi connectivity index (χ2n) is 9.93. The number of unbranched alkanes of at least 4 members (excludes halogenated alkanes) is 1. The van der Waals surface area contributed by atoms with Gasteiger partial charge in [-0.15, -0.1) is 0 Å².